The van der Waals surface area contributed by atoms with Crippen LogP contribution in [0.2, 0.25) is 10.0 Å². The van der Waals surface area contributed by atoms with E-state index in [1.807, 2.05) is 30.3 Å². The maximum absolute atomic E-state index is 11.3. The SMILES string of the molecule is O=C(O)c1cc2c3ccccc3n(Cc3cc(Cl)ccc3Cl)c2cn1. The molecule has 25 heavy (non-hydrogen) atoms. The molecule has 0 bridgehead atoms. The lowest BCUT2D eigenvalue weighted by Gasteiger charge is -2.10. The Balaban J connectivity index is 1.98. The molecule has 0 fully saturated rings. The van der Waals surface area contributed by atoms with Gasteiger partial charge in [0.05, 0.1) is 11.7 Å². The predicted molar refractivity (Wildman–Crippen MR) is 99.8 cm³/mol. The van der Waals surface area contributed by atoms with Gasteiger partial charge in [-0.2, -0.15) is 0 Å². The number of para-hydroxylation sites is 1. The number of fused-ring (bicyclic) bond motifs is 3. The minimum Gasteiger partial charge on any atom is -0.477 e. The fraction of sp³-hybridized carbons (Fsp3) is 0.0526. The van der Waals surface area contributed by atoms with Gasteiger partial charge in [-0.3, -0.25) is 0 Å². The molecule has 1 N–H and O–H groups in total. The molecule has 0 saturated heterocycles. The third kappa shape index (κ3) is 2.73. The van der Waals surface area contributed by atoms with Crippen LogP contribution in [0.15, 0.2) is 54.7 Å². The van der Waals surface area contributed by atoms with Crippen LogP contribution in [0.25, 0.3) is 21.8 Å². The van der Waals surface area contributed by atoms with Gasteiger partial charge in [0, 0.05) is 32.9 Å². The zero-order chi connectivity index (χ0) is 17.6. The fourth-order valence-electron chi connectivity index (χ4n) is 3.07. The lowest BCUT2D eigenvalue weighted by atomic mass is 10.1. The Labute approximate surface area is 153 Å². The monoisotopic (exact) mass is 370 g/mol. The van der Waals surface area contributed by atoms with E-state index in [4.69, 9.17) is 23.2 Å². The average molecular weight is 371 g/mol. The lowest BCUT2D eigenvalue weighted by molar-refractivity contribution is 0.0690. The number of aromatic nitrogens is 2. The average Bonchev–Trinajstić information content (AvgIpc) is 2.92. The third-order valence-corrected chi connectivity index (χ3v) is 4.82. The van der Waals surface area contributed by atoms with E-state index in [9.17, 15) is 9.90 Å². The summed E-state index contributed by atoms with van der Waals surface area (Å²) in [4.78, 5) is 15.3. The maximum atomic E-state index is 11.3. The second-order valence-electron chi connectivity index (χ2n) is 5.73. The van der Waals surface area contributed by atoms with Crippen molar-refractivity contribution >= 4 is 51.0 Å². The molecule has 2 aromatic heterocycles. The molecule has 0 aliphatic carbocycles. The van der Waals surface area contributed by atoms with E-state index >= 15 is 0 Å². The van der Waals surface area contributed by atoms with Crippen LogP contribution in [0.1, 0.15) is 16.1 Å². The van der Waals surface area contributed by atoms with Crippen LogP contribution in [0.3, 0.4) is 0 Å². The lowest BCUT2D eigenvalue weighted by Crippen LogP contribution is -2.02. The number of pyridine rings is 1. The van der Waals surface area contributed by atoms with Crippen molar-refractivity contribution in [3.63, 3.8) is 0 Å². The molecule has 0 radical (unpaired) electrons. The van der Waals surface area contributed by atoms with Crippen molar-refractivity contribution in [2.75, 3.05) is 0 Å². The standard InChI is InChI=1S/C19H12Cl2N2O2/c20-12-5-6-15(21)11(7-12)10-23-17-4-2-1-3-13(17)14-8-16(19(24)25)22-9-18(14)23/h1-9H,10H2,(H,24,25). The van der Waals surface area contributed by atoms with E-state index in [2.05, 4.69) is 9.55 Å². The van der Waals surface area contributed by atoms with Crippen LogP contribution in [-0.4, -0.2) is 20.6 Å². The zero-order valence-electron chi connectivity index (χ0n) is 12.9. The first-order valence-corrected chi connectivity index (χ1v) is 8.34. The van der Waals surface area contributed by atoms with Gasteiger partial charge >= 0.3 is 5.97 Å². The number of hydrogen-bond acceptors (Lipinski definition) is 2. The van der Waals surface area contributed by atoms with E-state index in [1.54, 1.807) is 24.4 Å². The molecule has 2 heterocycles. The molecule has 2 aromatic carbocycles. The molecule has 0 unspecified atom stereocenters. The highest BCUT2D eigenvalue weighted by molar-refractivity contribution is 6.33. The molecule has 0 atom stereocenters. The van der Waals surface area contributed by atoms with Crippen LogP contribution < -0.4 is 0 Å². The first-order chi connectivity index (χ1) is 12.0. The summed E-state index contributed by atoms with van der Waals surface area (Å²) in [5.74, 6) is -1.04. The smallest absolute Gasteiger partial charge is 0.354 e. The Morgan fingerprint density at radius 1 is 1.04 bits per heavy atom. The molecule has 0 aliphatic rings. The van der Waals surface area contributed by atoms with E-state index in [1.165, 1.54) is 0 Å². The predicted octanol–water partition coefficient (Wildman–Crippen LogP) is 5.24. The van der Waals surface area contributed by atoms with Gasteiger partial charge in [-0.05, 0) is 35.9 Å². The van der Waals surface area contributed by atoms with Crippen LogP contribution in [0, 0.1) is 0 Å². The first-order valence-electron chi connectivity index (χ1n) is 7.59. The van der Waals surface area contributed by atoms with Crippen LogP contribution >= 0.6 is 23.2 Å². The quantitative estimate of drug-likeness (QED) is 0.536. The molecule has 0 spiro atoms. The van der Waals surface area contributed by atoms with Gasteiger partial charge in [0.25, 0.3) is 0 Å². The van der Waals surface area contributed by atoms with Crippen molar-refractivity contribution in [3.8, 4) is 0 Å². The number of rotatable bonds is 3. The Morgan fingerprint density at radius 2 is 1.84 bits per heavy atom. The highest BCUT2D eigenvalue weighted by Crippen LogP contribution is 2.31. The van der Waals surface area contributed by atoms with Crippen molar-refractivity contribution in [1.82, 2.24) is 9.55 Å². The van der Waals surface area contributed by atoms with Gasteiger partial charge < -0.3 is 9.67 Å². The minimum atomic E-state index is -1.04. The third-order valence-electron chi connectivity index (χ3n) is 4.21. The number of nitrogens with zero attached hydrogens (tertiary/aromatic N) is 2. The van der Waals surface area contributed by atoms with Crippen molar-refractivity contribution in [2.45, 2.75) is 6.54 Å². The zero-order valence-corrected chi connectivity index (χ0v) is 14.4. The number of carboxylic acids is 1. The molecule has 0 saturated carbocycles. The van der Waals surface area contributed by atoms with E-state index in [-0.39, 0.29) is 5.69 Å². The minimum absolute atomic E-state index is 0.0243. The summed E-state index contributed by atoms with van der Waals surface area (Å²) in [6.45, 7) is 0.511. The van der Waals surface area contributed by atoms with E-state index in [0.717, 1.165) is 27.4 Å². The summed E-state index contributed by atoms with van der Waals surface area (Å²) in [5.41, 5.74) is 2.75. The van der Waals surface area contributed by atoms with Crippen LogP contribution in [0.4, 0.5) is 0 Å². The Hall–Kier alpha value is -2.56. The Kier molecular flexibility index (Phi) is 3.86. The normalized spacial score (nSPS) is 11.3. The number of hydrogen-bond donors (Lipinski definition) is 1. The second kappa shape index (κ2) is 6.06. The van der Waals surface area contributed by atoms with E-state index in [0.29, 0.717) is 16.6 Å². The molecule has 4 rings (SSSR count). The van der Waals surface area contributed by atoms with Gasteiger partial charge in [-0.1, -0.05) is 41.4 Å². The fourth-order valence-corrected chi connectivity index (χ4v) is 3.44. The number of carboxylic acid groups (broad SMARTS) is 1. The van der Waals surface area contributed by atoms with Crippen molar-refractivity contribution in [1.29, 1.82) is 0 Å². The van der Waals surface area contributed by atoms with Crippen molar-refractivity contribution in [3.05, 3.63) is 76.0 Å². The molecule has 124 valence electrons. The highest BCUT2D eigenvalue weighted by atomic mass is 35.5. The molecule has 0 aliphatic heterocycles. The van der Waals surface area contributed by atoms with Crippen LogP contribution in [-0.2, 0) is 6.54 Å². The molecule has 0 amide bonds. The summed E-state index contributed by atoms with van der Waals surface area (Å²) in [7, 11) is 0. The molecular formula is C19H12Cl2N2O2. The Bertz CT molecular complexity index is 1140. The number of halogens is 2. The second-order valence-corrected chi connectivity index (χ2v) is 6.57. The molecule has 4 nitrogen and oxygen atoms in total. The van der Waals surface area contributed by atoms with Gasteiger partial charge in [0.1, 0.15) is 5.69 Å². The van der Waals surface area contributed by atoms with Crippen molar-refractivity contribution in [2.24, 2.45) is 0 Å². The highest BCUT2D eigenvalue weighted by Gasteiger charge is 2.15. The van der Waals surface area contributed by atoms with Crippen LogP contribution in [0.5, 0.6) is 0 Å². The van der Waals surface area contributed by atoms with Gasteiger partial charge in [-0.25, -0.2) is 9.78 Å². The van der Waals surface area contributed by atoms with Crippen molar-refractivity contribution < 1.29 is 9.90 Å². The topological polar surface area (TPSA) is 55.1 Å². The summed E-state index contributed by atoms with van der Waals surface area (Å²) in [5, 5.41) is 12.3. The van der Waals surface area contributed by atoms with Gasteiger partial charge in [0.2, 0.25) is 0 Å². The number of aromatic carboxylic acids is 1. The summed E-state index contributed by atoms with van der Waals surface area (Å²) < 4.78 is 2.07. The summed E-state index contributed by atoms with van der Waals surface area (Å²) in [6, 6.07) is 14.8. The molecule has 6 heteroatoms. The van der Waals surface area contributed by atoms with Gasteiger partial charge in [0.15, 0.2) is 0 Å². The number of benzene rings is 2. The molecular weight excluding hydrogens is 359 g/mol. The van der Waals surface area contributed by atoms with Gasteiger partial charge in [-0.15, -0.1) is 0 Å². The largest absolute Gasteiger partial charge is 0.477 e. The summed E-state index contributed by atoms with van der Waals surface area (Å²) >= 11 is 12.4. The number of carbonyl (C=O) groups is 1. The first kappa shape index (κ1) is 15.9. The Morgan fingerprint density at radius 3 is 2.64 bits per heavy atom. The maximum Gasteiger partial charge on any atom is 0.354 e. The molecule has 4 aromatic rings. The summed E-state index contributed by atoms with van der Waals surface area (Å²) in [6.07, 6.45) is 1.59. The van der Waals surface area contributed by atoms with E-state index < -0.39 is 5.97 Å².